The molecule has 0 amide bonds. The van der Waals surface area contributed by atoms with Gasteiger partial charge in [-0.15, -0.1) is 0 Å². The van der Waals surface area contributed by atoms with Gasteiger partial charge in [0, 0.05) is 12.6 Å². The Balaban J connectivity index is 2.52. The van der Waals surface area contributed by atoms with E-state index in [-0.39, 0.29) is 5.82 Å². The van der Waals surface area contributed by atoms with Crippen molar-refractivity contribution in [3.05, 3.63) is 30.2 Å². The minimum atomic E-state index is -0.291. The molecule has 3 nitrogen and oxygen atoms in total. The number of nitrogens with one attached hydrogen (secondary N) is 1. The third-order valence-electron chi connectivity index (χ3n) is 1.86. The summed E-state index contributed by atoms with van der Waals surface area (Å²) in [5.41, 5.74) is 1.27. The second-order valence-corrected chi connectivity index (χ2v) is 2.92. The maximum absolute atomic E-state index is 12.9. The van der Waals surface area contributed by atoms with Crippen molar-refractivity contribution >= 4 is 16.9 Å². The molecule has 4 heteroatoms. The average molecular weight is 191 g/mol. The lowest BCUT2D eigenvalue weighted by atomic mass is 10.3. The lowest BCUT2D eigenvalue weighted by Crippen LogP contribution is -2.00. The third kappa shape index (κ3) is 1.64. The van der Waals surface area contributed by atoms with E-state index in [9.17, 15) is 4.39 Å². The monoisotopic (exact) mass is 191 g/mol. The summed E-state index contributed by atoms with van der Waals surface area (Å²) >= 11 is 0. The van der Waals surface area contributed by atoms with Crippen LogP contribution in [0, 0.1) is 5.82 Å². The van der Waals surface area contributed by atoms with Gasteiger partial charge in [-0.05, 0) is 19.1 Å². The molecular weight excluding hydrogens is 181 g/mol. The van der Waals surface area contributed by atoms with Crippen LogP contribution < -0.4 is 5.32 Å². The maximum Gasteiger partial charge on any atom is 0.145 e. The van der Waals surface area contributed by atoms with Crippen molar-refractivity contribution in [2.24, 2.45) is 0 Å². The zero-order valence-corrected chi connectivity index (χ0v) is 7.79. The fraction of sp³-hybridized carbons (Fsp3) is 0.200. The van der Waals surface area contributed by atoms with E-state index in [0.717, 1.165) is 6.54 Å². The lowest BCUT2D eigenvalue weighted by molar-refractivity contribution is 0.629. The summed E-state index contributed by atoms with van der Waals surface area (Å²) in [7, 11) is 0. The first-order valence-corrected chi connectivity index (χ1v) is 4.46. The number of fused-ring (bicyclic) bond motifs is 1. The van der Waals surface area contributed by atoms with E-state index >= 15 is 0 Å². The van der Waals surface area contributed by atoms with Crippen molar-refractivity contribution in [3.8, 4) is 0 Å². The van der Waals surface area contributed by atoms with Crippen molar-refractivity contribution in [1.29, 1.82) is 0 Å². The molecule has 0 spiro atoms. The highest BCUT2D eigenvalue weighted by Gasteiger charge is 1.99. The molecule has 2 rings (SSSR count). The number of benzene rings is 1. The molecule has 0 saturated carbocycles. The van der Waals surface area contributed by atoms with Crippen LogP contribution in [0.1, 0.15) is 6.92 Å². The summed E-state index contributed by atoms with van der Waals surface area (Å²) in [6.45, 7) is 2.74. The molecule has 0 bridgehead atoms. The smallest absolute Gasteiger partial charge is 0.145 e. The van der Waals surface area contributed by atoms with Crippen LogP contribution in [0.25, 0.3) is 11.0 Å². The molecular formula is C10H10FN3. The second kappa shape index (κ2) is 3.57. The molecule has 0 radical (unpaired) electrons. The van der Waals surface area contributed by atoms with Crippen LogP contribution in [0.3, 0.4) is 0 Å². The molecule has 1 heterocycles. The van der Waals surface area contributed by atoms with Gasteiger partial charge in [-0.3, -0.25) is 4.98 Å². The molecule has 0 aliphatic rings. The first kappa shape index (κ1) is 8.87. The van der Waals surface area contributed by atoms with Crippen molar-refractivity contribution in [3.63, 3.8) is 0 Å². The van der Waals surface area contributed by atoms with Crippen LogP contribution in [-0.2, 0) is 0 Å². The Hall–Kier alpha value is -1.71. The predicted molar refractivity (Wildman–Crippen MR) is 53.7 cm³/mol. The van der Waals surface area contributed by atoms with Gasteiger partial charge in [-0.25, -0.2) is 9.37 Å². The Labute approximate surface area is 81.0 Å². The molecule has 0 saturated heterocycles. The zero-order valence-electron chi connectivity index (χ0n) is 7.79. The first-order valence-electron chi connectivity index (χ1n) is 4.46. The Morgan fingerprint density at radius 3 is 3.00 bits per heavy atom. The van der Waals surface area contributed by atoms with Crippen LogP contribution in [0.15, 0.2) is 24.4 Å². The van der Waals surface area contributed by atoms with Crippen molar-refractivity contribution < 1.29 is 4.39 Å². The van der Waals surface area contributed by atoms with Crippen molar-refractivity contribution in [2.75, 3.05) is 11.9 Å². The molecule has 0 aliphatic heterocycles. The van der Waals surface area contributed by atoms with Crippen LogP contribution in [-0.4, -0.2) is 16.5 Å². The number of hydrogen-bond donors (Lipinski definition) is 1. The van der Waals surface area contributed by atoms with Gasteiger partial charge in [0.2, 0.25) is 0 Å². The first-order chi connectivity index (χ1) is 6.79. The molecule has 0 fully saturated rings. The summed E-state index contributed by atoms with van der Waals surface area (Å²) in [5.74, 6) is 0.381. The van der Waals surface area contributed by atoms with Crippen LogP contribution in [0.5, 0.6) is 0 Å². The molecule has 0 aliphatic carbocycles. The van der Waals surface area contributed by atoms with Gasteiger partial charge >= 0.3 is 0 Å². The number of rotatable bonds is 2. The van der Waals surface area contributed by atoms with Crippen LogP contribution in [0.4, 0.5) is 10.2 Å². The highest BCUT2D eigenvalue weighted by molar-refractivity contribution is 5.75. The Kier molecular flexibility index (Phi) is 2.26. The highest BCUT2D eigenvalue weighted by atomic mass is 19.1. The summed E-state index contributed by atoms with van der Waals surface area (Å²) in [5, 5.41) is 3.02. The zero-order chi connectivity index (χ0) is 9.97. The summed E-state index contributed by atoms with van der Waals surface area (Å²) in [6, 6.07) is 4.38. The van der Waals surface area contributed by atoms with Gasteiger partial charge in [0.15, 0.2) is 0 Å². The van der Waals surface area contributed by atoms with E-state index in [4.69, 9.17) is 0 Å². The predicted octanol–water partition coefficient (Wildman–Crippen LogP) is 2.20. The van der Waals surface area contributed by atoms with Crippen LogP contribution in [0.2, 0.25) is 0 Å². The van der Waals surface area contributed by atoms with Gasteiger partial charge < -0.3 is 5.32 Å². The highest BCUT2D eigenvalue weighted by Crippen LogP contribution is 2.13. The minimum Gasteiger partial charge on any atom is -0.369 e. The normalized spacial score (nSPS) is 10.4. The standard InChI is InChI=1S/C10H10FN3/c1-2-12-10-6-13-8-4-3-7(11)5-9(8)14-10/h3-6H,2H2,1H3,(H,12,14). The topological polar surface area (TPSA) is 37.8 Å². The van der Waals surface area contributed by atoms with Gasteiger partial charge in [0.05, 0.1) is 17.2 Å². The van der Waals surface area contributed by atoms with E-state index in [1.165, 1.54) is 12.1 Å². The van der Waals surface area contributed by atoms with E-state index in [1.807, 2.05) is 6.92 Å². The molecule has 2 aromatic rings. The van der Waals surface area contributed by atoms with Crippen molar-refractivity contribution in [2.45, 2.75) is 6.92 Å². The number of hydrogen-bond acceptors (Lipinski definition) is 3. The number of anilines is 1. The molecule has 14 heavy (non-hydrogen) atoms. The van der Waals surface area contributed by atoms with E-state index in [0.29, 0.717) is 16.9 Å². The third-order valence-corrected chi connectivity index (χ3v) is 1.86. The summed E-state index contributed by atoms with van der Waals surface area (Å²) in [4.78, 5) is 8.36. The SMILES string of the molecule is CCNc1cnc2ccc(F)cc2n1. The van der Waals surface area contributed by atoms with Gasteiger partial charge in [-0.2, -0.15) is 0 Å². The van der Waals surface area contributed by atoms with Crippen molar-refractivity contribution in [1.82, 2.24) is 9.97 Å². The van der Waals surface area contributed by atoms with E-state index in [2.05, 4.69) is 15.3 Å². The molecule has 0 unspecified atom stereocenters. The number of nitrogens with zero attached hydrogens (tertiary/aromatic N) is 2. The lowest BCUT2D eigenvalue weighted by Gasteiger charge is -2.02. The molecule has 1 aromatic carbocycles. The Morgan fingerprint density at radius 1 is 1.36 bits per heavy atom. The summed E-state index contributed by atoms with van der Waals surface area (Å²) in [6.07, 6.45) is 1.64. The largest absolute Gasteiger partial charge is 0.369 e. The molecule has 1 aromatic heterocycles. The minimum absolute atomic E-state index is 0.291. The number of aromatic nitrogens is 2. The average Bonchev–Trinajstić information content (AvgIpc) is 2.17. The summed E-state index contributed by atoms with van der Waals surface area (Å²) < 4.78 is 12.9. The maximum atomic E-state index is 12.9. The Morgan fingerprint density at radius 2 is 2.21 bits per heavy atom. The van der Waals surface area contributed by atoms with Gasteiger partial charge in [0.25, 0.3) is 0 Å². The molecule has 0 atom stereocenters. The fourth-order valence-corrected chi connectivity index (χ4v) is 1.25. The van der Waals surface area contributed by atoms with Gasteiger partial charge in [-0.1, -0.05) is 0 Å². The molecule has 72 valence electrons. The Bertz CT molecular complexity index is 456. The quantitative estimate of drug-likeness (QED) is 0.790. The molecule has 1 N–H and O–H groups in total. The second-order valence-electron chi connectivity index (χ2n) is 2.92. The van der Waals surface area contributed by atoms with E-state index < -0.39 is 0 Å². The van der Waals surface area contributed by atoms with Gasteiger partial charge in [0.1, 0.15) is 11.6 Å². The van der Waals surface area contributed by atoms with Crippen LogP contribution >= 0.6 is 0 Å². The van der Waals surface area contributed by atoms with E-state index in [1.54, 1.807) is 12.3 Å². The number of halogens is 1. The fourth-order valence-electron chi connectivity index (χ4n) is 1.25.